The van der Waals surface area contributed by atoms with E-state index in [0.717, 1.165) is 8.04 Å². The molecule has 1 amide bonds. The minimum Gasteiger partial charge on any atom is -0.306 e. The third kappa shape index (κ3) is 2.55. The summed E-state index contributed by atoms with van der Waals surface area (Å²) in [5.74, 6) is 0.402. The number of rotatable bonds is 2. The SMILES string of the molecule is O=C(Nc1ccnc2ccnn12)c1cc(Br)ccc1I. The maximum absolute atomic E-state index is 12.4. The molecule has 0 bridgehead atoms. The van der Waals surface area contributed by atoms with Gasteiger partial charge in [-0.05, 0) is 46.9 Å². The van der Waals surface area contributed by atoms with Gasteiger partial charge in [-0.2, -0.15) is 9.61 Å². The molecule has 3 rings (SSSR count). The highest BCUT2D eigenvalue weighted by Gasteiger charge is 2.12. The van der Waals surface area contributed by atoms with Crippen molar-refractivity contribution in [3.8, 4) is 0 Å². The second-order valence-electron chi connectivity index (χ2n) is 4.01. The molecule has 3 aromatic rings. The van der Waals surface area contributed by atoms with E-state index >= 15 is 0 Å². The summed E-state index contributed by atoms with van der Waals surface area (Å²) in [6, 6.07) is 9.06. The number of halogens is 2. The molecule has 0 unspecified atom stereocenters. The number of amides is 1. The Balaban J connectivity index is 1.96. The molecular formula is C13H8BrIN4O. The minimum absolute atomic E-state index is 0.182. The molecule has 5 nitrogen and oxygen atoms in total. The number of carbonyl (C=O) groups excluding carboxylic acids is 1. The van der Waals surface area contributed by atoms with Crippen LogP contribution in [0.15, 0.2) is 47.2 Å². The largest absolute Gasteiger partial charge is 0.306 e. The Kier molecular flexibility index (Phi) is 3.70. The van der Waals surface area contributed by atoms with Gasteiger partial charge in [0.1, 0.15) is 5.82 Å². The Morgan fingerprint density at radius 2 is 2.10 bits per heavy atom. The monoisotopic (exact) mass is 442 g/mol. The van der Waals surface area contributed by atoms with Crippen LogP contribution in [0.5, 0.6) is 0 Å². The van der Waals surface area contributed by atoms with E-state index in [2.05, 4.69) is 53.9 Å². The Labute approximate surface area is 136 Å². The first-order valence-electron chi connectivity index (χ1n) is 5.70. The first-order valence-corrected chi connectivity index (χ1v) is 7.57. The highest BCUT2D eigenvalue weighted by molar-refractivity contribution is 14.1. The van der Waals surface area contributed by atoms with Gasteiger partial charge in [0.05, 0.1) is 11.8 Å². The molecule has 2 heterocycles. The lowest BCUT2D eigenvalue weighted by molar-refractivity contribution is 0.102. The van der Waals surface area contributed by atoms with Crippen molar-refractivity contribution in [2.24, 2.45) is 0 Å². The molecule has 0 radical (unpaired) electrons. The topological polar surface area (TPSA) is 59.3 Å². The third-order valence-corrected chi connectivity index (χ3v) is 4.14. The van der Waals surface area contributed by atoms with Crippen LogP contribution in [0, 0.1) is 3.57 Å². The van der Waals surface area contributed by atoms with Crippen molar-refractivity contribution in [1.82, 2.24) is 14.6 Å². The van der Waals surface area contributed by atoms with Crippen LogP contribution < -0.4 is 5.32 Å². The highest BCUT2D eigenvalue weighted by atomic mass is 127. The molecule has 0 spiro atoms. The molecule has 1 aromatic carbocycles. The first kappa shape index (κ1) is 13.5. The Morgan fingerprint density at radius 1 is 1.25 bits per heavy atom. The molecule has 0 saturated carbocycles. The smallest absolute Gasteiger partial charge is 0.257 e. The molecule has 1 N–H and O–H groups in total. The summed E-state index contributed by atoms with van der Waals surface area (Å²) in [6.45, 7) is 0. The molecule has 100 valence electrons. The maximum Gasteiger partial charge on any atom is 0.257 e. The van der Waals surface area contributed by atoms with Crippen LogP contribution >= 0.6 is 38.5 Å². The molecular weight excluding hydrogens is 435 g/mol. The molecule has 0 atom stereocenters. The van der Waals surface area contributed by atoms with Crippen molar-refractivity contribution in [2.75, 3.05) is 5.32 Å². The lowest BCUT2D eigenvalue weighted by Crippen LogP contribution is -2.16. The zero-order chi connectivity index (χ0) is 14.1. The lowest BCUT2D eigenvalue weighted by Gasteiger charge is -2.08. The van der Waals surface area contributed by atoms with Crippen molar-refractivity contribution < 1.29 is 4.79 Å². The quantitative estimate of drug-likeness (QED) is 0.619. The van der Waals surface area contributed by atoms with E-state index in [1.807, 2.05) is 12.1 Å². The van der Waals surface area contributed by atoms with Gasteiger partial charge < -0.3 is 5.32 Å². The van der Waals surface area contributed by atoms with Crippen molar-refractivity contribution >= 4 is 55.9 Å². The lowest BCUT2D eigenvalue weighted by atomic mass is 10.2. The highest BCUT2D eigenvalue weighted by Crippen LogP contribution is 2.20. The van der Waals surface area contributed by atoms with Crippen LogP contribution in [0.2, 0.25) is 0 Å². The van der Waals surface area contributed by atoms with Crippen LogP contribution in [-0.2, 0) is 0 Å². The van der Waals surface area contributed by atoms with E-state index in [1.54, 1.807) is 35.1 Å². The van der Waals surface area contributed by atoms with Crippen LogP contribution in [-0.4, -0.2) is 20.5 Å². The molecule has 2 aromatic heterocycles. The average Bonchev–Trinajstić information content (AvgIpc) is 2.91. The van der Waals surface area contributed by atoms with Crippen molar-refractivity contribution in [1.29, 1.82) is 0 Å². The van der Waals surface area contributed by atoms with E-state index in [9.17, 15) is 4.79 Å². The van der Waals surface area contributed by atoms with Crippen molar-refractivity contribution in [2.45, 2.75) is 0 Å². The van der Waals surface area contributed by atoms with Gasteiger partial charge in [-0.15, -0.1) is 0 Å². The third-order valence-electron chi connectivity index (χ3n) is 2.70. The standard InChI is InChI=1S/C13H8BrIN4O/c14-8-1-2-10(15)9(7-8)13(20)18-12-3-5-16-11-4-6-17-19(11)12/h1-7H,(H,18,20). The first-order chi connectivity index (χ1) is 9.65. The van der Waals surface area contributed by atoms with E-state index < -0.39 is 0 Å². The van der Waals surface area contributed by atoms with Gasteiger partial charge in [0.25, 0.3) is 5.91 Å². The zero-order valence-corrected chi connectivity index (χ0v) is 13.8. The number of nitrogens with zero attached hydrogens (tertiary/aromatic N) is 3. The minimum atomic E-state index is -0.182. The van der Waals surface area contributed by atoms with Crippen LogP contribution in [0.25, 0.3) is 5.65 Å². The number of carbonyl (C=O) groups is 1. The van der Waals surface area contributed by atoms with Gasteiger partial charge in [0, 0.05) is 20.3 Å². The van der Waals surface area contributed by atoms with Gasteiger partial charge >= 0.3 is 0 Å². The number of anilines is 1. The number of benzene rings is 1. The summed E-state index contributed by atoms with van der Waals surface area (Å²) < 4.78 is 3.33. The fourth-order valence-corrected chi connectivity index (χ4v) is 2.73. The number of hydrogen-bond donors (Lipinski definition) is 1. The molecule has 0 aliphatic carbocycles. The van der Waals surface area contributed by atoms with Crippen LogP contribution in [0.4, 0.5) is 5.82 Å². The summed E-state index contributed by atoms with van der Waals surface area (Å²) in [5.41, 5.74) is 1.30. The average molecular weight is 443 g/mol. The second-order valence-corrected chi connectivity index (χ2v) is 6.09. The molecule has 0 fully saturated rings. The number of nitrogens with one attached hydrogen (secondary N) is 1. The van der Waals surface area contributed by atoms with Gasteiger partial charge in [-0.25, -0.2) is 4.98 Å². The summed E-state index contributed by atoms with van der Waals surface area (Å²) in [6.07, 6.45) is 3.28. The number of aromatic nitrogens is 3. The van der Waals surface area contributed by atoms with Crippen LogP contribution in [0.3, 0.4) is 0 Å². The van der Waals surface area contributed by atoms with Crippen molar-refractivity contribution in [3.63, 3.8) is 0 Å². The zero-order valence-electron chi connectivity index (χ0n) is 10.0. The normalized spacial score (nSPS) is 10.7. The van der Waals surface area contributed by atoms with Gasteiger partial charge in [-0.3, -0.25) is 4.79 Å². The number of fused-ring (bicyclic) bond motifs is 1. The Bertz CT molecular complexity index is 802. The molecule has 20 heavy (non-hydrogen) atoms. The molecule has 7 heteroatoms. The Hall–Kier alpha value is -1.48. The molecule has 0 aliphatic heterocycles. The van der Waals surface area contributed by atoms with E-state index in [0.29, 0.717) is 17.0 Å². The summed E-state index contributed by atoms with van der Waals surface area (Å²) in [4.78, 5) is 16.5. The van der Waals surface area contributed by atoms with Gasteiger partial charge in [-0.1, -0.05) is 15.9 Å². The van der Waals surface area contributed by atoms with Gasteiger partial charge in [0.15, 0.2) is 5.65 Å². The van der Waals surface area contributed by atoms with Gasteiger partial charge in [0.2, 0.25) is 0 Å². The predicted octanol–water partition coefficient (Wildman–Crippen LogP) is 3.35. The maximum atomic E-state index is 12.4. The van der Waals surface area contributed by atoms with Crippen LogP contribution in [0.1, 0.15) is 10.4 Å². The fourth-order valence-electron chi connectivity index (χ4n) is 1.78. The Morgan fingerprint density at radius 3 is 2.95 bits per heavy atom. The van der Waals surface area contributed by atoms with E-state index in [1.165, 1.54) is 0 Å². The molecule has 0 saturated heterocycles. The second kappa shape index (κ2) is 5.49. The summed E-state index contributed by atoms with van der Waals surface area (Å²) in [7, 11) is 0. The fraction of sp³-hybridized carbons (Fsp3) is 0. The van der Waals surface area contributed by atoms with Crippen molar-refractivity contribution in [3.05, 3.63) is 56.3 Å². The summed E-state index contributed by atoms with van der Waals surface area (Å²) in [5, 5.41) is 6.98. The number of hydrogen-bond acceptors (Lipinski definition) is 3. The molecule has 0 aliphatic rings. The summed E-state index contributed by atoms with van der Waals surface area (Å²) >= 11 is 5.51. The predicted molar refractivity (Wildman–Crippen MR) is 87.8 cm³/mol. The van der Waals surface area contributed by atoms with E-state index in [-0.39, 0.29) is 5.91 Å². The van der Waals surface area contributed by atoms with E-state index in [4.69, 9.17) is 0 Å².